The van der Waals surface area contributed by atoms with Crippen LogP contribution in [0, 0.1) is 0 Å². The average Bonchev–Trinajstić information content (AvgIpc) is 2.26. The number of aliphatic hydroxyl groups is 1. The van der Waals surface area contributed by atoms with E-state index in [9.17, 15) is 22.0 Å². The molecule has 1 nitrogen and oxygen atoms in total. The van der Waals surface area contributed by atoms with Crippen molar-refractivity contribution >= 4 is 0 Å². The van der Waals surface area contributed by atoms with Crippen LogP contribution in [0.2, 0.25) is 0 Å². The predicted molar refractivity (Wildman–Crippen MR) is 56.4 cm³/mol. The van der Waals surface area contributed by atoms with Gasteiger partial charge in [-0.15, -0.1) is 0 Å². The fraction of sp³-hybridized carbons (Fsp3) is 0.500. The van der Waals surface area contributed by atoms with Crippen LogP contribution in [0.25, 0.3) is 0 Å². The van der Waals surface area contributed by atoms with Crippen LogP contribution in [0.4, 0.5) is 22.0 Å². The highest BCUT2D eigenvalue weighted by Gasteiger charge is 2.38. The van der Waals surface area contributed by atoms with Gasteiger partial charge in [0.2, 0.25) is 0 Å². The summed E-state index contributed by atoms with van der Waals surface area (Å²) in [6.45, 7) is 1.38. The summed E-state index contributed by atoms with van der Waals surface area (Å²) in [5.74, 6) is -3.43. The van der Waals surface area contributed by atoms with Crippen LogP contribution in [0.1, 0.15) is 24.5 Å². The van der Waals surface area contributed by atoms with Gasteiger partial charge < -0.3 is 5.11 Å². The third-order valence-electron chi connectivity index (χ3n) is 2.57. The van der Waals surface area contributed by atoms with Crippen LogP contribution < -0.4 is 0 Å². The zero-order chi connectivity index (χ0) is 14.0. The van der Waals surface area contributed by atoms with E-state index in [4.69, 9.17) is 5.11 Å². The number of benzene rings is 1. The van der Waals surface area contributed by atoms with Crippen molar-refractivity contribution in [2.75, 3.05) is 0 Å². The summed E-state index contributed by atoms with van der Waals surface area (Å²) < 4.78 is 64.0. The Hall–Kier alpha value is -1.17. The zero-order valence-electron chi connectivity index (χ0n) is 9.64. The first-order valence-electron chi connectivity index (χ1n) is 5.39. The van der Waals surface area contributed by atoms with Gasteiger partial charge in [-0.3, -0.25) is 0 Å². The van der Waals surface area contributed by atoms with E-state index < -0.39 is 30.2 Å². The third-order valence-corrected chi connectivity index (χ3v) is 2.57. The molecule has 1 unspecified atom stereocenters. The molecule has 1 N–H and O–H groups in total. The Bertz CT molecular complexity index is 400. The summed E-state index contributed by atoms with van der Waals surface area (Å²) in [5.41, 5.74) is -1.12. The lowest BCUT2D eigenvalue weighted by molar-refractivity contribution is -0.137. The van der Waals surface area contributed by atoms with Gasteiger partial charge in [-0.25, -0.2) is 8.78 Å². The monoisotopic (exact) mass is 268 g/mol. The van der Waals surface area contributed by atoms with Crippen LogP contribution in [0.5, 0.6) is 0 Å². The first kappa shape index (κ1) is 14.9. The van der Waals surface area contributed by atoms with Crippen molar-refractivity contribution in [1.29, 1.82) is 0 Å². The fourth-order valence-electron chi connectivity index (χ4n) is 1.55. The second kappa shape index (κ2) is 5.22. The van der Waals surface area contributed by atoms with Gasteiger partial charge in [0.25, 0.3) is 5.92 Å². The summed E-state index contributed by atoms with van der Waals surface area (Å²) in [7, 11) is 0. The van der Waals surface area contributed by atoms with Gasteiger partial charge in [-0.2, -0.15) is 13.2 Å². The van der Waals surface area contributed by atoms with Crippen molar-refractivity contribution in [2.45, 2.75) is 38.0 Å². The fourth-order valence-corrected chi connectivity index (χ4v) is 1.55. The molecule has 0 aliphatic rings. The molecule has 1 aromatic rings. The first-order chi connectivity index (χ1) is 8.16. The normalized spacial score (nSPS) is 14.6. The topological polar surface area (TPSA) is 20.2 Å². The van der Waals surface area contributed by atoms with E-state index in [1.54, 1.807) is 0 Å². The molecule has 1 aromatic carbocycles. The van der Waals surface area contributed by atoms with Crippen LogP contribution in [-0.4, -0.2) is 17.1 Å². The van der Waals surface area contributed by atoms with E-state index in [2.05, 4.69) is 0 Å². The van der Waals surface area contributed by atoms with Crippen LogP contribution >= 0.6 is 0 Å². The molecule has 6 heteroatoms. The van der Waals surface area contributed by atoms with Crippen molar-refractivity contribution in [2.24, 2.45) is 0 Å². The maximum absolute atomic E-state index is 13.4. The number of hydrogen-bond donors (Lipinski definition) is 1. The molecule has 18 heavy (non-hydrogen) atoms. The standard InChI is InChI=1S/C12H13F5O/c1-2-10(18)11(13,14)7-8-4-3-5-9(6-8)12(15,16)17/h3-6,10,18H,2,7H2,1H3. The molecule has 0 fully saturated rings. The lowest BCUT2D eigenvalue weighted by atomic mass is 9.99. The molecule has 1 rings (SSSR count). The maximum atomic E-state index is 13.4. The van der Waals surface area contributed by atoms with E-state index in [0.29, 0.717) is 6.07 Å². The molecular formula is C12H13F5O. The Morgan fingerprint density at radius 2 is 1.78 bits per heavy atom. The SMILES string of the molecule is CCC(O)C(F)(F)Cc1cccc(C(F)(F)F)c1. The predicted octanol–water partition coefficient (Wildman–Crippen LogP) is 3.65. The maximum Gasteiger partial charge on any atom is 0.416 e. The van der Waals surface area contributed by atoms with Gasteiger partial charge >= 0.3 is 6.18 Å². The van der Waals surface area contributed by atoms with Crippen LogP contribution in [0.3, 0.4) is 0 Å². The molecule has 0 aliphatic carbocycles. The molecule has 0 radical (unpaired) electrons. The Labute approximate surface area is 101 Å². The van der Waals surface area contributed by atoms with E-state index in [1.165, 1.54) is 13.0 Å². The Balaban J connectivity index is 2.92. The molecule has 0 saturated heterocycles. The average molecular weight is 268 g/mol. The smallest absolute Gasteiger partial charge is 0.387 e. The van der Waals surface area contributed by atoms with Crippen molar-refractivity contribution in [3.8, 4) is 0 Å². The highest BCUT2D eigenvalue weighted by Crippen LogP contribution is 2.32. The van der Waals surface area contributed by atoms with E-state index in [-0.39, 0.29) is 12.0 Å². The lowest BCUT2D eigenvalue weighted by Gasteiger charge is -2.21. The number of rotatable bonds is 4. The van der Waals surface area contributed by atoms with Crippen LogP contribution in [0.15, 0.2) is 24.3 Å². The lowest BCUT2D eigenvalue weighted by Crippen LogP contribution is -2.35. The zero-order valence-corrected chi connectivity index (χ0v) is 9.64. The van der Waals surface area contributed by atoms with E-state index in [1.807, 2.05) is 0 Å². The van der Waals surface area contributed by atoms with Crippen molar-refractivity contribution in [3.63, 3.8) is 0 Å². The number of alkyl halides is 5. The number of halogens is 5. The largest absolute Gasteiger partial charge is 0.416 e. The van der Waals surface area contributed by atoms with Gasteiger partial charge in [0.05, 0.1) is 5.56 Å². The minimum atomic E-state index is -4.56. The first-order valence-corrected chi connectivity index (χ1v) is 5.39. The summed E-state index contributed by atoms with van der Waals surface area (Å²) in [6, 6.07) is 3.76. The van der Waals surface area contributed by atoms with Gasteiger partial charge in [-0.05, 0) is 18.1 Å². The molecule has 1 atom stereocenters. The van der Waals surface area contributed by atoms with E-state index in [0.717, 1.165) is 12.1 Å². The summed E-state index contributed by atoms with van der Waals surface area (Å²) in [6.07, 6.45) is -7.49. The van der Waals surface area contributed by atoms with Gasteiger partial charge in [0, 0.05) is 6.42 Å². The second-order valence-corrected chi connectivity index (χ2v) is 4.06. The van der Waals surface area contributed by atoms with E-state index >= 15 is 0 Å². The highest BCUT2D eigenvalue weighted by molar-refractivity contribution is 5.26. The molecule has 0 aromatic heterocycles. The molecule has 102 valence electrons. The summed E-state index contributed by atoms with van der Waals surface area (Å²) in [4.78, 5) is 0. The molecule has 0 saturated carbocycles. The highest BCUT2D eigenvalue weighted by atomic mass is 19.4. The molecule has 0 aliphatic heterocycles. The number of aliphatic hydroxyl groups excluding tert-OH is 1. The minimum absolute atomic E-state index is 0.151. The number of hydrogen-bond acceptors (Lipinski definition) is 1. The molecule has 0 spiro atoms. The molecule has 0 amide bonds. The molecule has 0 bridgehead atoms. The quantitative estimate of drug-likeness (QED) is 0.826. The Morgan fingerprint density at radius 1 is 1.17 bits per heavy atom. The van der Waals surface area contributed by atoms with Crippen molar-refractivity contribution in [3.05, 3.63) is 35.4 Å². The Morgan fingerprint density at radius 3 is 2.28 bits per heavy atom. The van der Waals surface area contributed by atoms with Crippen molar-refractivity contribution in [1.82, 2.24) is 0 Å². The molecular weight excluding hydrogens is 255 g/mol. The summed E-state index contributed by atoms with van der Waals surface area (Å²) >= 11 is 0. The summed E-state index contributed by atoms with van der Waals surface area (Å²) in [5, 5.41) is 9.10. The Kier molecular flexibility index (Phi) is 4.32. The second-order valence-electron chi connectivity index (χ2n) is 4.06. The van der Waals surface area contributed by atoms with Gasteiger partial charge in [0.1, 0.15) is 6.10 Å². The van der Waals surface area contributed by atoms with Gasteiger partial charge in [0.15, 0.2) is 0 Å². The molecule has 0 heterocycles. The van der Waals surface area contributed by atoms with Crippen LogP contribution in [-0.2, 0) is 12.6 Å². The minimum Gasteiger partial charge on any atom is -0.387 e. The van der Waals surface area contributed by atoms with Gasteiger partial charge in [-0.1, -0.05) is 25.1 Å². The third kappa shape index (κ3) is 3.66. The van der Waals surface area contributed by atoms with Crippen molar-refractivity contribution < 1.29 is 27.1 Å².